The second-order valence-corrected chi connectivity index (χ2v) is 7.98. The molecule has 0 spiro atoms. The van der Waals surface area contributed by atoms with Crippen LogP contribution in [0.4, 0.5) is 0 Å². The summed E-state index contributed by atoms with van der Waals surface area (Å²) in [6.07, 6.45) is 0. The quantitative estimate of drug-likeness (QED) is 0.289. The van der Waals surface area contributed by atoms with Gasteiger partial charge in [-0.1, -0.05) is 36.4 Å². The Kier molecular flexibility index (Phi) is 7.06. The molecule has 3 aromatic carbocycles. The fourth-order valence-corrected chi connectivity index (χ4v) is 4.22. The van der Waals surface area contributed by atoms with Gasteiger partial charge in [0.1, 0.15) is 11.5 Å². The van der Waals surface area contributed by atoms with Crippen LogP contribution in [0.2, 0.25) is 0 Å². The molecule has 1 atom stereocenters. The van der Waals surface area contributed by atoms with Crippen LogP contribution in [0.5, 0.6) is 17.2 Å². The maximum atomic E-state index is 13.3. The number of Topliss-reactive ketones (excluding diaryl/α,β-unsaturated/α-hetero) is 1. The zero-order valence-corrected chi connectivity index (χ0v) is 19.9. The van der Waals surface area contributed by atoms with Gasteiger partial charge in [0.2, 0.25) is 0 Å². The number of benzene rings is 3. The maximum absolute atomic E-state index is 13.3. The third kappa shape index (κ3) is 4.71. The van der Waals surface area contributed by atoms with Crippen molar-refractivity contribution in [2.75, 3.05) is 20.8 Å². The van der Waals surface area contributed by atoms with Gasteiger partial charge in [-0.3, -0.25) is 9.59 Å². The summed E-state index contributed by atoms with van der Waals surface area (Å²) < 4.78 is 16.3. The Labute approximate surface area is 204 Å². The van der Waals surface area contributed by atoms with Crippen molar-refractivity contribution in [3.63, 3.8) is 0 Å². The Hall–Kier alpha value is -4.26. The summed E-state index contributed by atoms with van der Waals surface area (Å²) in [7, 11) is 3.05. The molecule has 1 aliphatic rings. The van der Waals surface area contributed by atoms with Crippen LogP contribution in [0, 0.1) is 0 Å². The molecule has 1 N–H and O–H groups in total. The number of nitrogens with zero attached hydrogens (tertiary/aromatic N) is 1. The highest BCUT2D eigenvalue weighted by molar-refractivity contribution is 6.46. The lowest BCUT2D eigenvalue weighted by molar-refractivity contribution is -0.140. The van der Waals surface area contributed by atoms with Crippen LogP contribution >= 0.6 is 0 Å². The molecule has 0 aliphatic carbocycles. The van der Waals surface area contributed by atoms with Gasteiger partial charge in [-0.05, 0) is 54.4 Å². The summed E-state index contributed by atoms with van der Waals surface area (Å²) >= 11 is 0. The van der Waals surface area contributed by atoms with Crippen molar-refractivity contribution in [2.24, 2.45) is 0 Å². The summed E-state index contributed by atoms with van der Waals surface area (Å²) in [6.45, 7) is 2.59. The molecule has 7 nitrogen and oxygen atoms in total. The van der Waals surface area contributed by atoms with Crippen LogP contribution in [0.15, 0.2) is 78.4 Å². The lowest BCUT2D eigenvalue weighted by Crippen LogP contribution is -2.29. The molecule has 1 fully saturated rings. The van der Waals surface area contributed by atoms with Crippen molar-refractivity contribution >= 4 is 17.4 Å². The maximum Gasteiger partial charge on any atom is 0.295 e. The minimum atomic E-state index is -0.818. The number of hydrogen-bond donors (Lipinski definition) is 1. The Bertz CT molecular complexity index is 1250. The van der Waals surface area contributed by atoms with E-state index in [0.29, 0.717) is 35.0 Å². The number of carbonyl (C=O) groups is 2. The van der Waals surface area contributed by atoms with E-state index in [1.54, 1.807) is 42.5 Å². The molecule has 0 bridgehead atoms. The third-order valence-electron chi connectivity index (χ3n) is 5.90. The Morgan fingerprint density at radius 3 is 2.23 bits per heavy atom. The minimum absolute atomic E-state index is 0.0160. The van der Waals surface area contributed by atoms with Crippen molar-refractivity contribution < 1.29 is 28.9 Å². The summed E-state index contributed by atoms with van der Waals surface area (Å²) in [5.41, 5.74) is 1.91. The fourth-order valence-electron chi connectivity index (χ4n) is 4.22. The van der Waals surface area contributed by atoms with E-state index in [0.717, 1.165) is 5.56 Å². The topological polar surface area (TPSA) is 85.3 Å². The molecule has 0 radical (unpaired) electrons. The van der Waals surface area contributed by atoms with Crippen LogP contribution in [0.25, 0.3) is 5.76 Å². The van der Waals surface area contributed by atoms with E-state index >= 15 is 0 Å². The Morgan fingerprint density at radius 1 is 0.914 bits per heavy atom. The molecule has 35 heavy (non-hydrogen) atoms. The number of ketones is 1. The van der Waals surface area contributed by atoms with E-state index in [-0.39, 0.29) is 17.9 Å². The van der Waals surface area contributed by atoms with Gasteiger partial charge >= 0.3 is 0 Å². The van der Waals surface area contributed by atoms with Crippen molar-refractivity contribution in [3.8, 4) is 17.2 Å². The molecule has 1 heterocycles. The molecule has 1 unspecified atom stereocenters. The van der Waals surface area contributed by atoms with Crippen LogP contribution in [-0.2, 0) is 16.1 Å². The number of aliphatic hydroxyl groups excluding tert-OH is 1. The zero-order valence-electron chi connectivity index (χ0n) is 19.9. The molecular weight excluding hydrogens is 446 g/mol. The Morgan fingerprint density at radius 2 is 1.60 bits per heavy atom. The monoisotopic (exact) mass is 473 g/mol. The van der Waals surface area contributed by atoms with Crippen molar-refractivity contribution in [1.82, 2.24) is 4.90 Å². The van der Waals surface area contributed by atoms with Gasteiger partial charge < -0.3 is 24.2 Å². The lowest BCUT2D eigenvalue weighted by atomic mass is 9.94. The summed E-state index contributed by atoms with van der Waals surface area (Å²) in [4.78, 5) is 27.9. The predicted octanol–water partition coefficient (Wildman–Crippen LogP) is 4.72. The number of hydrogen-bond acceptors (Lipinski definition) is 6. The molecule has 7 heteroatoms. The van der Waals surface area contributed by atoms with E-state index in [1.807, 2.05) is 37.3 Å². The SMILES string of the molecule is CCOc1ccc(C(O)=C2C(=O)C(=O)N(Cc3ccccc3)C2c2ccc(OC)c(OC)c2)cc1. The smallest absolute Gasteiger partial charge is 0.295 e. The number of methoxy groups -OCH3 is 2. The lowest BCUT2D eigenvalue weighted by Gasteiger charge is -2.26. The van der Waals surface area contributed by atoms with E-state index in [9.17, 15) is 14.7 Å². The first-order valence-electron chi connectivity index (χ1n) is 11.3. The first-order valence-corrected chi connectivity index (χ1v) is 11.3. The Balaban J connectivity index is 1.85. The van der Waals surface area contributed by atoms with E-state index in [2.05, 4.69) is 0 Å². The average molecular weight is 474 g/mol. The van der Waals surface area contributed by atoms with Crippen molar-refractivity contribution in [2.45, 2.75) is 19.5 Å². The minimum Gasteiger partial charge on any atom is -0.507 e. The number of ether oxygens (including phenoxy) is 3. The summed E-state index contributed by atoms with van der Waals surface area (Å²) in [6, 6.07) is 20.5. The number of carbonyl (C=O) groups excluding carboxylic acids is 2. The number of likely N-dealkylation sites (tertiary alicyclic amines) is 1. The zero-order chi connectivity index (χ0) is 24.9. The molecule has 4 rings (SSSR count). The van der Waals surface area contributed by atoms with Gasteiger partial charge in [0.25, 0.3) is 11.7 Å². The molecule has 0 saturated carbocycles. The molecular formula is C28H27NO6. The standard InChI is InChI=1S/C28H27NO6/c1-4-35-21-13-10-19(11-14-21)26(30)24-25(20-12-15-22(33-2)23(16-20)34-3)29(28(32)27(24)31)17-18-8-6-5-7-9-18/h5-16,25,30H,4,17H2,1-3H3. The second kappa shape index (κ2) is 10.3. The number of rotatable bonds is 8. The van der Waals surface area contributed by atoms with Gasteiger partial charge in [-0.2, -0.15) is 0 Å². The number of amides is 1. The van der Waals surface area contributed by atoms with Crippen LogP contribution in [0.1, 0.15) is 29.7 Å². The highest BCUT2D eigenvalue weighted by atomic mass is 16.5. The molecule has 1 saturated heterocycles. The fraction of sp³-hybridized carbons (Fsp3) is 0.214. The first-order chi connectivity index (χ1) is 17.0. The first kappa shape index (κ1) is 23.9. The van der Waals surface area contributed by atoms with E-state index in [4.69, 9.17) is 14.2 Å². The average Bonchev–Trinajstić information content (AvgIpc) is 3.14. The van der Waals surface area contributed by atoms with Crippen molar-refractivity contribution in [3.05, 3.63) is 95.1 Å². The highest BCUT2D eigenvalue weighted by Gasteiger charge is 2.46. The van der Waals surface area contributed by atoms with Gasteiger partial charge in [0.05, 0.1) is 32.4 Å². The van der Waals surface area contributed by atoms with Crippen LogP contribution in [-0.4, -0.2) is 42.5 Å². The van der Waals surface area contributed by atoms with E-state index < -0.39 is 17.7 Å². The van der Waals surface area contributed by atoms with Gasteiger partial charge in [0, 0.05) is 12.1 Å². The molecule has 3 aromatic rings. The highest BCUT2D eigenvalue weighted by Crippen LogP contribution is 2.42. The third-order valence-corrected chi connectivity index (χ3v) is 5.90. The van der Waals surface area contributed by atoms with E-state index in [1.165, 1.54) is 19.1 Å². The van der Waals surface area contributed by atoms with Gasteiger partial charge in [-0.25, -0.2) is 0 Å². The number of aliphatic hydroxyl groups is 1. The summed E-state index contributed by atoms with van der Waals surface area (Å²) in [5, 5.41) is 11.3. The second-order valence-electron chi connectivity index (χ2n) is 7.98. The predicted molar refractivity (Wildman–Crippen MR) is 131 cm³/mol. The van der Waals surface area contributed by atoms with Gasteiger partial charge in [0.15, 0.2) is 11.5 Å². The largest absolute Gasteiger partial charge is 0.507 e. The molecule has 1 amide bonds. The summed E-state index contributed by atoms with van der Waals surface area (Å²) in [5.74, 6) is -0.0564. The van der Waals surface area contributed by atoms with Crippen molar-refractivity contribution in [1.29, 1.82) is 0 Å². The molecule has 1 aliphatic heterocycles. The van der Waals surface area contributed by atoms with Gasteiger partial charge in [-0.15, -0.1) is 0 Å². The molecule has 180 valence electrons. The normalized spacial score (nSPS) is 16.9. The van der Waals surface area contributed by atoms with Crippen LogP contribution < -0.4 is 14.2 Å². The van der Waals surface area contributed by atoms with Crippen LogP contribution in [0.3, 0.4) is 0 Å². The molecule has 0 aromatic heterocycles.